The molecule has 1 rings (SSSR count). The first kappa shape index (κ1) is 8.00. The van der Waals surface area contributed by atoms with Crippen LogP contribution in [0, 0.1) is 22.7 Å². The van der Waals surface area contributed by atoms with E-state index in [9.17, 15) is 0 Å². The van der Waals surface area contributed by atoms with Crippen LogP contribution in [0.2, 0.25) is 0 Å². The van der Waals surface area contributed by atoms with E-state index < -0.39 is 0 Å². The molecule has 0 unspecified atom stereocenters. The minimum absolute atomic E-state index is 0.474. The molecule has 0 bridgehead atoms. The van der Waals surface area contributed by atoms with Gasteiger partial charge in [-0.2, -0.15) is 10.5 Å². The molecule has 0 N–H and O–H groups in total. The topological polar surface area (TPSA) is 54.1 Å². The number of rotatable bonds is 2. The van der Waals surface area contributed by atoms with E-state index in [2.05, 4.69) is 12.1 Å². The minimum atomic E-state index is 0.474. The molecule has 1 aliphatic heterocycles. The summed E-state index contributed by atoms with van der Waals surface area (Å²) in [4.78, 5) is 4.05. The first-order chi connectivity index (χ1) is 5.36. The molecule has 11 heavy (non-hydrogen) atoms. The van der Waals surface area contributed by atoms with Crippen LogP contribution in [0.3, 0.4) is 0 Å². The van der Waals surface area contributed by atoms with Crippen LogP contribution >= 0.6 is 0 Å². The molecule has 4 heteroatoms. The van der Waals surface area contributed by atoms with E-state index in [0.717, 1.165) is 19.8 Å². The van der Waals surface area contributed by atoms with E-state index in [0.29, 0.717) is 13.1 Å². The fourth-order valence-electron chi connectivity index (χ4n) is 1.17. The highest BCUT2D eigenvalue weighted by atomic mass is 15.4. The summed E-state index contributed by atoms with van der Waals surface area (Å²) in [7, 11) is 0. The van der Waals surface area contributed by atoms with Crippen LogP contribution in [0.4, 0.5) is 0 Å². The summed E-state index contributed by atoms with van der Waals surface area (Å²) >= 11 is 0. The van der Waals surface area contributed by atoms with Crippen molar-refractivity contribution in [3.8, 4) is 12.1 Å². The van der Waals surface area contributed by atoms with Crippen molar-refractivity contribution in [3.05, 3.63) is 0 Å². The summed E-state index contributed by atoms with van der Waals surface area (Å²) in [6, 6.07) is 4.18. The lowest BCUT2D eigenvalue weighted by Gasteiger charge is -2.11. The van der Waals surface area contributed by atoms with E-state index in [1.807, 2.05) is 9.80 Å². The van der Waals surface area contributed by atoms with Crippen LogP contribution in [0.5, 0.6) is 0 Å². The molecule has 0 aromatic carbocycles. The zero-order valence-corrected chi connectivity index (χ0v) is 6.32. The Morgan fingerprint density at radius 3 is 1.82 bits per heavy atom. The highest BCUT2D eigenvalue weighted by Crippen LogP contribution is 2.01. The van der Waals surface area contributed by atoms with Gasteiger partial charge >= 0.3 is 0 Å². The Balaban J connectivity index is 2.25. The molecule has 0 aromatic heterocycles. The second kappa shape index (κ2) is 3.92. The number of nitriles is 2. The van der Waals surface area contributed by atoms with Gasteiger partial charge in [-0.3, -0.25) is 9.80 Å². The summed E-state index contributed by atoms with van der Waals surface area (Å²) in [5.74, 6) is 0. The molecule has 0 radical (unpaired) electrons. The summed E-state index contributed by atoms with van der Waals surface area (Å²) in [6.07, 6.45) is 0. The van der Waals surface area contributed by atoms with Gasteiger partial charge in [0.1, 0.15) is 0 Å². The molecule has 0 spiro atoms. The first-order valence-electron chi connectivity index (χ1n) is 3.55. The molecule has 58 valence electrons. The van der Waals surface area contributed by atoms with Crippen molar-refractivity contribution in [2.75, 3.05) is 32.8 Å². The third kappa shape index (κ3) is 2.19. The van der Waals surface area contributed by atoms with Gasteiger partial charge in [-0.1, -0.05) is 0 Å². The van der Waals surface area contributed by atoms with E-state index in [1.54, 1.807) is 0 Å². The number of nitrogens with zero attached hydrogens (tertiary/aromatic N) is 4. The second-order valence-electron chi connectivity index (χ2n) is 2.56. The van der Waals surface area contributed by atoms with Gasteiger partial charge in [0.25, 0.3) is 0 Å². The van der Waals surface area contributed by atoms with Gasteiger partial charge in [0.05, 0.1) is 31.9 Å². The molecule has 1 aliphatic rings. The van der Waals surface area contributed by atoms with Crippen molar-refractivity contribution < 1.29 is 0 Å². The largest absolute Gasteiger partial charge is 0.276 e. The Bertz CT molecular complexity index is 177. The Labute approximate surface area is 66.2 Å². The lowest BCUT2D eigenvalue weighted by Crippen LogP contribution is -2.25. The molecule has 0 saturated carbocycles. The van der Waals surface area contributed by atoms with Gasteiger partial charge in [-0.05, 0) is 0 Å². The van der Waals surface area contributed by atoms with Crippen molar-refractivity contribution >= 4 is 0 Å². The van der Waals surface area contributed by atoms with Gasteiger partial charge < -0.3 is 0 Å². The molecule has 1 heterocycles. The van der Waals surface area contributed by atoms with E-state index in [-0.39, 0.29) is 0 Å². The van der Waals surface area contributed by atoms with Crippen LogP contribution in [-0.4, -0.2) is 42.6 Å². The van der Waals surface area contributed by atoms with Gasteiger partial charge in [-0.15, -0.1) is 0 Å². The van der Waals surface area contributed by atoms with Crippen LogP contribution in [-0.2, 0) is 0 Å². The van der Waals surface area contributed by atoms with Crippen molar-refractivity contribution in [1.82, 2.24) is 9.80 Å². The predicted octanol–water partition coefficient (Wildman–Crippen LogP) is -0.391. The third-order valence-corrected chi connectivity index (χ3v) is 1.72. The minimum Gasteiger partial charge on any atom is -0.276 e. The molecule has 0 atom stereocenters. The van der Waals surface area contributed by atoms with E-state index in [4.69, 9.17) is 10.5 Å². The van der Waals surface area contributed by atoms with Crippen LogP contribution in [0.15, 0.2) is 0 Å². The standard InChI is InChI=1S/C7H10N4/c8-1-3-10-5-6-11(7-10)4-2-9/h3-7H2. The maximum Gasteiger partial charge on any atom is 0.0876 e. The van der Waals surface area contributed by atoms with Crippen molar-refractivity contribution in [2.45, 2.75) is 0 Å². The van der Waals surface area contributed by atoms with Gasteiger partial charge in [0.2, 0.25) is 0 Å². The zero-order valence-electron chi connectivity index (χ0n) is 6.32. The Hall–Kier alpha value is -1.10. The number of hydrogen-bond acceptors (Lipinski definition) is 4. The maximum absolute atomic E-state index is 8.37. The van der Waals surface area contributed by atoms with Gasteiger partial charge in [0, 0.05) is 13.1 Å². The molecule has 1 saturated heterocycles. The molecule has 0 aromatic rings. The summed E-state index contributed by atoms with van der Waals surface area (Å²) < 4.78 is 0. The Morgan fingerprint density at radius 1 is 1.00 bits per heavy atom. The monoisotopic (exact) mass is 150 g/mol. The quantitative estimate of drug-likeness (QED) is 0.503. The van der Waals surface area contributed by atoms with Gasteiger partial charge in [0.15, 0.2) is 0 Å². The van der Waals surface area contributed by atoms with Gasteiger partial charge in [-0.25, -0.2) is 0 Å². The molecular formula is C7H10N4. The highest BCUT2D eigenvalue weighted by molar-refractivity contribution is 4.84. The van der Waals surface area contributed by atoms with Crippen molar-refractivity contribution in [1.29, 1.82) is 10.5 Å². The highest BCUT2D eigenvalue weighted by Gasteiger charge is 2.18. The lowest BCUT2D eigenvalue weighted by atomic mass is 10.5. The third-order valence-electron chi connectivity index (χ3n) is 1.72. The molecule has 0 amide bonds. The fraction of sp³-hybridized carbons (Fsp3) is 0.714. The summed E-state index contributed by atoms with van der Waals surface area (Å²) in [5.41, 5.74) is 0. The van der Waals surface area contributed by atoms with E-state index >= 15 is 0 Å². The molecule has 0 aliphatic carbocycles. The summed E-state index contributed by atoms with van der Waals surface area (Å²) in [5, 5.41) is 16.7. The zero-order chi connectivity index (χ0) is 8.10. The molecule has 4 nitrogen and oxygen atoms in total. The second-order valence-corrected chi connectivity index (χ2v) is 2.56. The smallest absolute Gasteiger partial charge is 0.0876 e. The summed E-state index contributed by atoms with van der Waals surface area (Å²) in [6.45, 7) is 3.54. The SMILES string of the molecule is N#CCN1CCN(CC#N)C1. The van der Waals surface area contributed by atoms with Crippen molar-refractivity contribution in [3.63, 3.8) is 0 Å². The van der Waals surface area contributed by atoms with Crippen LogP contribution in [0.1, 0.15) is 0 Å². The van der Waals surface area contributed by atoms with Crippen molar-refractivity contribution in [2.24, 2.45) is 0 Å². The molecule has 1 fully saturated rings. The normalized spacial score (nSPS) is 19.5. The average molecular weight is 150 g/mol. The van der Waals surface area contributed by atoms with Crippen LogP contribution in [0.25, 0.3) is 0 Å². The lowest BCUT2D eigenvalue weighted by molar-refractivity contribution is 0.283. The maximum atomic E-state index is 8.37. The Kier molecular flexibility index (Phi) is 2.85. The predicted molar refractivity (Wildman–Crippen MR) is 39.2 cm³/mol. The Morgan fingerprint density at radius 2 is 1.45 bits per heavy atom. The van der Waals surface area contributed by atoms with E-state index in [1.165, 1.54) is 0 Å². The van der Waals surface area contributed by atoms with Crippen LogP contribution < -0.4 is 0 Å². The first-order valence-corrected chi connectivity index (χ1v) is 3.55. The molecular weight excluding hydrogens is 140 g/mol. The average Bonchev–Trinajstić information content (AvgIpc) is 2.38. The number of hydrogen-bond donors (Lipinski definition) is 0. The fourth-order valence-corrected chi connectivity index (χ4v) is 1.17.